The molecule has 0 aromatic carbocycles. The van der Waals surface area contributed by atoms with E-state index in [2.05, 4.69) is 24.0 Å². The van der Waals surface area contributed by atoms with Crippen molar-refractivity contribution in [3.8, 4) is 0 Å². The van der Waals surface area contributed by atoms with Crippen LogP contribution in [0, 0.1) is 11.3 Å². The Kier molecular flexibility index (Phi) is 3.31. The van der Waals surface area contributed by atoms with Crippen molar-refractivity contribution >= 4 is 16.5 Å². The molecule has 1 aromatic heterocycles. The van der Waals surface area contributed by atoms with Gasteiger partial charge < -0.3 is 10.6 Å². The lowest BCUT2D eigenvalue weighted by atomic mass is 9.81. The van der Waals surface area contributed by atoms with Crippen LogP contribution in [0.15, 0.2) is 0 Å². The molecule has 0 aliphatic carbocycles. The predicted octanol–water partition coefficient (Wildman–Crippen LogP) is 1.90. The first-order valence-electron chi connectivity index (χ1n) is 5.53. The van der Waals surface area contributed by atoms with Gasteiger partial charge in [-0.15, -0.1) is 10.2 Å². The first kappa shape index (κ1) is 12.6. The smallest absolute Gasteiger partial charge is 0.291 e. The maximum Gasteiger partial charge on any atom is 0.291 e. The van der Waals surface area contributed by atoms with E-state index in [0.717, 1.165) is 24.4 Å². The molecule has 2 rings (SSSR count). The average Bonchev–Trinajstić information content (AvgIpc) is 2.85. The molecule has 0 saturated carbocycles. The summed E-state index contributed by atoms with van der Waals surface area (Å²) >= 11 is 0.964. The van der Waals surface area contributed by atoms with E-state index in [9.17, 15) is 8.78 Å². The minimum atomic E-state index is -2.54. The van der Waals surface area contributed by atoms with Crippen LogP contribution in [0.1, 0.15) is 25.3 Å². The first-order valence-corrected chi connectivity index (χ1v) is 6.34. The van der Waals surface area contributed by atoms with E-state index in [-0.39, 0.29) is 10.4 Å². The van der Waals surface area contributed by atoms with Crippen LogP contribution in [0.2, 0.25) is 0 Å². The van der Waals surface area contributed by atoms with Gasteiger partial charge in [0.25, 0.3) is 6.43 Å². The molecule has 96 valence electrons. The molecule has 1 aliphatic heterocycles. The van der Waals surface area contributed by atoms with Gasteiger partial charge >= 0.3 is 0 Å². The van der Waals surface area contributed by atoms with Gasteiger partial charge in [-0.3, -0.25) is 0 Å². The lowest BCUT2D eigenvalue weighted by molar-refractivity contribution is 0.150. The second kappa shape index (κ2) is 4.45. The Labute approximate surface area is 103 Å². The van der Waals surface area contributed by atoms with Crippen molar-refractivity contribution in [1.82, 2.24) is 10.2 Å². The van der Waals surface area contributed by atoms with E-state index in [0.29, 0.717) is 17.6 Å². The van der Waals surface area contributed by atoms with Gasteiger partial charge in [-0.1, -0.05) is 25.2 Å². The molecule has 17 heavy (non-hydrogen) atoms. The van der Waals surface area contributed by atoms with E-state index in [1.807, 2.05) is 4.90 Å². The van der Waals surface area contributed by atoms with Gasteiger partial charge in [-0.05, 0) is 12.5 Å². The van der Waals surface area contributed by atoms with Crippen LogP contribution in [-0.2, 0) is 0 Å². The SMILES string of the molecule is C[C@@H]1CN(c2nnc(C(F)F)s2)C[C@@]1(C)CN. The zero-order chi connectivity index (χ0) is 12.6. The maximum atomic E-state index is 12.4. The highest BCUT2D eigenvalue weighted by Crippen LogP contribution is 2.38. The van der Waals surface area contributed by atoms with Crippen molar-refractivity contribution in [2.24, 2.45) is 17.1 Å². The Morgan fingerprint density at radius 2 is 2.29 bits per heavy atom. The number of halogens is 2. The Hall–Kier alpha value is -0.820. The number of nitrogens with zero attached hydrogens (tertiary/aromatic N) is 3. The van der Waals surface area contributed by atoms with Crippen LogP contribution in [0.25, 0.3) is 0 Å². The highest BCUT2D eigenvalue weighted by Gasteiger charge is 2.40. The number of anilines is 1. The summed E-state index contributed by atoms with van der Waals surface area (Å²) in [5.41, 5.74) is 5.80. The van der Waals surface area contributed by atoms with Crippen molar-refractivity contribution in [2.75, 3.05) is 24.5 Å². The molecule has 0 spiro atoms. The Morgan fingerprint density at radius 1 is 1.59 bits per heavy atom. The first-order chi connectivity index (χ1) is 7.96. The van der Waals surface area contributed by atoms with Crippen LogP contribution < -0.4 is 10.6 Å². The number of hydrogen-bond acceptors (Lipinski definition) is 5. The third kappa shape index (κ3) is 2.26. The predicted molar refractivity (Wildman–Crippen MR) is 63.4 cm³/mol. The van der Waals surface area contributed by atoms with E-state index in [4.69, 9.17) is 5.73 Å². The fraction of sp³-hybridized carbons (Fsp3) is 0.800. The third-order valence-electron chi connectivity index (χ3n) is 3.59. The Morgan fingerprint density at radius 3 is 2.76 bits per heavy atom. The fourth-order valence-corrected chi connectivity index (χ4v) is 2.77. The van der Waals surface area contributed by atoms with Crippen molar-refractivity contribution in [3.05, 3.63) is 5.01 Å². The molecule has 1 aliphatic rings. The molecule has 1 fully saturated rings. The van der Waals surface area contributed by atoms with Crippen molar-refractivity contribution in [2.45, 2.75) is 20.3 Å². The van der Waals surface area contributed by atoms with Crippen molar-refractivity contribution < 1.29 is 8.78 Å². The minimum absolute atomic E-state index is 0.0245. The molecule has 0 bridgehead atoms. The largest absolute Gasteiger partial charge is 0.346 e. The van der Waals surface area contributed by atoms with Crippen LogP contribution in [0.4, 0.5) is 13.9 Å². The van der Waals surface area contributed by atoms with Crippen molar-refractivity contribution in [1.29, 1.82) is 0 Å². The van der Waals surface area contributed by atoms with Gasteiger partial charge in [0.2, 0.25) is 5.13 Å². The van der Waals surface area contributed by atoms with Gasteiger partial charge in [0.15, 0.2) is 5.01 Å². The fourth-order valence-electron chi connectivity index (χ4n) is 2.06. The molecular weight excluding hydrogens is 246 g/mol. The highest BCUT2D eigenvalue weighted by molar-refractivity contribution is 7.15. The van der Waals surface area contributed by atoms with Gasteiger partial charge in [0.1, 0.15) is 0 Å². The summed E-state index contributed by atoms with van der Waals surface area (Å²) in [4.78, 5) is 2.00. The van der Waals surface area contributed by atoms with E-state index < -0.39 is 6.43 Å². The number of hydrogen-bond donors (Lipinski definition) is 1. The molecule has 1 aromatic rings. The summed E-state index contributed by atoms with van der Waals surface area (Å²) in [5.74, 6) is 0.423. The van der Waals surface area contributed by atoms with Gasteiger partial charge in [-0.2, -0.15) is 0 Å². The van der Waals surface area contributed by atoms with E-state index in [1.54, 1.807) is 0 Å². The quantitative estimate of drug-likeness (QED) is 0.904. The third-order valence-corrected chi connectivity index (χ3v) is 4.58. The normalized spacial score (nSPS) is 29.3. The second-order valence-corrected chi connectivity index (χ2v) is 5.85. The van der Waals surface area contributed by atoms with Crippen LogP contribution in [-0.4, -0.2) is 29.8 Å². The summed E-state index contributed by atoms with van der Waals surface area (Å²) in [5, 5.41) is 7.69. The van der Waals surface area contributed by atoms with E-state index >= 15 is 0 Å². The zero-order valence-electron chi connectivity index (χ0n) is 9.86. The van der Waals surface area contributed by atoms with Crippen LogP contribution >= 0.6 is 11.3 Å². The molecule has 0 unspecified atom stereocenters. The number of rotatable bonds is 3. The van der Waals surface area contributed by atoms with Crippen molar-refractivity contribution in [3.63, 3.8) is 0 Å². The lowest BCUT2D eigenvalue weighted by Crippen LogP contribution is -2.34. The zero-order valence-corrected chi connectivity index (χ0v) is 10.7. The number of nitrogens with two attached hydrogens (primary N) is 1. The van der Waals surface area contributed by atoms with Gasteiger partial charge in [0.05, 0.1) is 0 Å². The van der Waals surface area contributed by atoms with Gasteiger partial charge in [-0.25, -0.2) is 8.78 Å². The molecular formula is C10H16F2N4S. The summed E-state index contributed by atoms with van der Waals surface area (Å²) in [6.07, 6.45) is -2.54. The minimum Gasteiger partial charge on any atom is -0.346 e. The average molecular weight is 262 g/mol. The second-order valence-electron chi connectivity index (χ2n) is 4.86. The summed E-state index contributed by atoms with van der Waals surface area (Å²) in [6.45, 7) is 6.38. The van der Waals surface area contributed by atoms with Crippen LogP contribution in [0.3, 0.4) is 0 Å². The maximum absolute atomic E-state index is 12.4. The molecule has 0 amide bonds. The molecule has 4 nitrogen and oxygen atoms in total. The topological polar surface area (TPSA) is 55.0 Å². The highest BCUT2D eigenvalue weighted by atomic mass is 32.1. The van der Waals surface area contributed by atoms with E-state index in [1.165, 1.54) is 0 Å². The molecule has 7 heteroatoms. The summed E-state index contributed by atoms with van der Waals surface area (Å²) in [6, 6.07) is 0. The Balaban J connectivity index is 2.14. The Bertz CT molecular complexity index is 397. The molecule has 2 atom stereocenters. The molecule has 2 heterocycles. The standard InChI is InChI=1S/C10H16F2N4S/c1-6-3-16(5-10(6,2)4-13)9-15-14-8(17-9)7(11)12/h6-7H,3-5,13H2,1-2H3/t6-,10-/m1/s1. The summed E-state index contributed by atoms with van der Waals surface area (Å²) < 4.78 is 24.9. The molecule has 0 radical (unpaired) electrons. The molecule has 1 saturated heterocycles. The lowest BCUT2D eigenvalue weighted by Gasteiger charge is -2.25. The monoisotopic (exact) mass is 262 g/mol. The summed E-state index contributed by atoms with van der Waals surface area (Å²) in [7, 11) is 0. The molecule has 2 N–H and O–H groups in total. The van der Waals surface area contributed by atoms with Gasteiger partial charge in [0, 0.05) is 18.5 Å². The van der Waals surface area contributed by atoms with Crippen LogP contribution in [0.5, 0.6) is 0 Å². The number of aromatic nitrogens is 2. The number of alkyl halides is 2.